The molecule has 0 bridgehead atoms. The zero-order valence-electron chi connectivity index (χ0n) is 10.6. The summed E-state index contributed by atoms with van der Waals surface area (Å²) in [4.78, 5) is 11.9. The van der Waals surface area contributed by atoms with Crippen LogP contribution in [0.15, 0.2) is 0 Å². The molecule has 4 nitrogen and oxygen atoms in total. The number of nitrogens with two attached hydrogens (primary N) is 1. The molecule has 0 aromatic carbocycles. The first kappa shape index (κ1) is 13.5. The van der Waals surface area contributed by atoms with E-state index in [4.69, 9.17) is 10.5 Å². The standard InChI is InChI=1S/C12H24N2O2/c1-4-7-12(2,3)14-11(15)10-6-5-9(8-13)16-10/h9-10H,4-8,13H2,1-3H3,(H,14,15). The maximum absolute atomic E-state index is 11.9. The van der Waals surface area contributed by atoms with Gasteiger partial charge in [0.15, 0.2) is 0 Å². The topological polar surface area (TPSA) is 64.4 Å². The van der Waals surface area contributed by atoms with E-state index in [0.717, 1.165) is 25.7 Å². The number of rotatable bonds is 5. The van der Waals surface area contributed by atoms with Gasteiger partial charge in [-0.05, 0) is 33.1 Å². The Morgan fingerprint density at radius 3 is 2.69 bits per heavy atom. The lowest BCUT2D eigenvalue weighted by molar-refractivity contribution is -0.133. The third kappa shape index (κ3) is 3.76. The first-order chi connectivity index (χ1) is 7.48. The van der Waals surface area contributed by atoms with Crippen LogP contribution in [-0.4, -0.2) is 30.2 Å². The summed E-state index contributed by atoms with van der Waals surface area (Å²) < 4.78 is 5.56. The lowest BCUT2D eigenvalue weighted by Crippen LogP contribution is -2.47. The molecule has 1 amide bonds. The van der Waals surface area contributed by atoms with Gasteiger partial charge in [0, 0.05) is 12.1 Å². The Bertz CT molecular complexity index is 241. The van der Waals surface area contributed by atoms with Gasteiger partial charge in [-0.1, -0.05) is 13.3 Å². The van der Waals surface area contributed by atoms with Crippen molar-refractivity contribution in [2.24, 2.45) is 5.73 Å². The minimum Gasteiger partial charge on any atom is -0.364 e. The molecular weight excluding hydrogens is 204 g/mol. The fraction of sp³-hybridized carbons (Fsp3) is 0.917. The molecule has 0 radical (unpaired) electrons. The van der Waals surface area contributed by atoms with Crippen LogP contribution in [0.5, 0.6) is 0 Å². The fourth-order valence-corrected chi connectivity index (χ4v) is 2.17. The summed E-state index contributed by atoms with van der Waals surface area (Å²) in [5, 5.41) is 3.04. The van der Waals surface area contributed by atoms with Crippen LogP contribution in [0.3, 0.4) is 0 Å². The minimum atomic E-state index is -0.301. The number of carbonyl (C=O) groups excluding carboxylic acids is 1. The molecule has 0 aromatic rings. The molecule has 4 heteroatoms. The normalized spacial score (nSPS) is 25.8. The Morgan fingerprint density at radius 1 is 1.50 bits per heavy atom. The molecule has 94 valence electrons. The Labute approximate surface area is 97.9 Å². The zero-order valence-corrected chi connectivity index (χ0v) is 10.6. The van der Waals surface area contributed by atoms with Crippen LogP contribution in [0, 0.1) is 0 Å². The van der Waals surface area contributed by atoms with Gasteiger partial charge in [-0.2, -0.15) is 0 Å². The van der Waals surface area contributed by atoms with Gasteiger partial charge in [0.2, 0.25) is 5.91 Å². The van der Waals surface area contributed by atoms with Crippen LogP contribution in [0.1, 0.15) is 46.5 Å². The average molecular weight is 228 g/mol. The molecule has 1 rings (SSSR count). The molecular formula is C12H24N2O2. The molecule has 1 saturated heterocycles. The van der Waals surface area contributed by atoms with E-state index in [1.54, 1.807) is 0 Å². The molecule has 1 aliphatic heterocycles. The van der Waals surface area contributed by atoms with E-state index in [2.05, 4.69) is 12.2 Å². The van der Waals surface area contributed by atoms with E-state index < -0.39 is 0 Å². The Kier molecular flexibility index (Phi) is 4.74. The third-order valence-electron chi connectivity index (χ3n) is 3.00. The number of hydrogen-bond acceptors (Lipinski definition) is 3. The van der Waals surface area contributed by atoms with Gasteiger partial charge in [-0.3, -0.25) is 4.79 Å². The fourth-order valence-electron chi connectivity index (χ4n) is 2.17. The van der Waals surface area contributed by atoms with Gasteiger partial charge < -0.3 is 15.8 Å². The molecule has 3 N–H and O–H groups in total. The van der Waals surface area contributed by atoms with Crippen molar-refractivity contribution in [1.29, 1.82) is 0 Å². The first-order valence-corrected chi connectivity index (χ1v) is 6.16. The third-order valence-corrected chi connectivity index (χ3v) is 3.00. The van der Waals surface area contributed by atoms with E-state index in [9.17, 15) is 4.79 Å². The van der Waals surface area contributed by atoms with Crippen molar-refractivity contribution in [3.63, 3.8) is 0 Å². The number of amides is 1. The highest BCUT2D eigenvalue weighted by Crippen LogP contribution is 2.20. The van der Waals surface area contributed by atoms with E-state index in [0.29, 0.717) is 6.54 Å². The van der Waals surface area contributed by atoms with Gasteiger partial charge >= 0.3 is 0 Å². The van der Waals surface area contributed by atoms with Crippen LogP contribution in [0.2, 0.25) is 0 Å². The summed E-state index contributed by atoms with van der Waals surface area (Å²) in [6.07, 6.45) is 3.48. The van der Waals surface area contributed by atoms with Crippen molar-refractivity contribution in [3.05, 3.63) is 0 Å². The maximum atomic E-state index is 11.9. The highest BCUT2D eigenvalue weighted by molar-refractivity contribution is 5.81. The molecule has 0 saturated carbocycles. The second kappa shape index (κ2) is 5.64. The SMILES string of the molecule is CCCC(C)(C)NC(=O)C1CCC(CN)O1. The molecule has 16 heavy (non-hydrogen) atoms. The molecule has 1 fully saturated rings. The van der Waals surface area contributed by atoms with E-state index >= 15 is 0 Å². The van der Waals surface area contributed by atoms with Crippen molar-refractivity contribution in [2.75, 3.05) is 6.54 Å². The molecule has 0 spiro atoms. The van der Waals surface area contributed by atoms with Crippen molar-refractivity contribution in [3.8, 4) is 0 Å². The number of nitrogens with one attached hydrogen (secondary N) is 1. The molecule has 0 aromatic heterocycles. The predicted molar refractivity (Wildman–Crippen MR) is 64.1 cm³/mol. The Morgan fingerprint density at radius 2 is 2.19 bits per heavy atom. The Hall–Kier alpha value is -0.610. The second-order valence-corrected chi connectivity index (χ2v) is 5.18. The van der Waals surface area contributed by atoms with Crippen LogP contribution in [-0.2, 0) is 9.53 Å². The van der Waals surface area contributed by atoms with Gasteiger partial charge in [0.25, 0.3) is 0 Å². The summed E-state index contributed by atoms with van der Waals surface area (Å²) in [5.74, 6) is 0.00870. The molecule has 0 aliphatic carbocycles. The summed E-state index contributed by atoms with van der Waals surface area (Å²) in [7, 11) is 0. The van der Waals surface area contributed by atoms with E-state index in [-0.39, 0.29) is 23.7 Å². The monoisotopic (exact) mass is 228 g/mol. The van der Waals surface area contributed by atoms with Crippen molar-refractivity contribution in [1.82, 2.24) is 5.32 Å². The van der Waals surface area contributed by atoms with E-state index in [1.807, 2.05) is 13.8 Å². The van der Waals surface area contributed by atoms with Crippen LogP contribution in [0.4, 0.5) is 0 Å². The smallest absolute Gasteiger partial charge is 0.249 e. The number of ether oxygens (including phenoxy) is 1. The quantitative estimate of drug-likeness (QED) is 0.743. The number of carbonyl (C=O) groups is 1. The molecule has 1 aliphatic rings. The van der Waals surface area contributed by atoms with Gasteiger partial charge in [0.05, 0.1) is 6.10 Å². The van der Waals surface area contributed by atoms with Gasteiger partial charge in [0.1, 0.15) is 6.10 Å². The lowest BCUT2D eigenvalue weighted by Gasteiger charge is -2.27. The van der Waals surface area contributed by atoms with Crippen molar-refractivity contribution in [2.45, 2.75) is 64.2 Å². The molecule has 1 heterocycles. The van der Waals surface area contributed by atoms with Gasteiger partial charge in [-0.15, -0.1) is 0 Å². The van der Waals surface area contributed by atoms with Crippen LogP contribution < -0.4 is 11.1 Å². The summed E-state index contributed by atoms with van der Waals surface area (Å²) in [6, 6.07) is 0. The number of hydrogen-bond donors (Lipinski definition) is 2. The van der Waals surface area contributed by atoms with Crippen molar-refractivity contribution < 1.29 is 9.53 Å². The average Bonchev–Trinajstić information content (AvgIpc) is 2.64. The molecule has 2 unspecified atom stereocenters. The largest absolute Gasteiger partial charge is 0.364 e. The van der Waals surface area contributed by atoms with E-state index in [1.165, 1.54) is 0 Å². The summed E-state index contributed by atoms with van der Waals surface area (Å²) in [6.45, 7) is 6.71. The highest BCUT2D eigenvalue weighted by atomic mass is 16.5. The Balaban J connectivity index is 2.41. The van der Waals surface area contributed by atoms with Crippen molar-refractivity contribution >= 4 is 5.91 Å². The molecule has 2 atom stereocenters. The lowest BCUT2D eigenvalue weighted by atomic mass is 9.98. The maximum Gasteiger partial charge on any atom is 0.249 e. The summed E-state index contributed by atoms with van der Waals surface area (Å²) >= 11 is 0. The minimum absolute atomic E-state index is 0.00870. The summed E-state index contributed by atoms with van der Waals surface area (Å²) in [5.41, 5.74) is 5.37. The highest BCUT2D eigenvalue weighted by Gasteiger charge is 2.32. The first-order valence-electron chi connectivity index (χ1n) is 6.16. The van der Waals surface area contributed by atoms with Gasteiger partial charge in [-0.25, -0.2) is 0 Å². The van der Waals surface area contributed by atoms with Crippen LogP contribution >= 0.6 is 0 Å². The van der Waals surface area contributed by atoms with Crippen LogP contribution in [0.25, 0.3) is 0 Å². The zero-order chi connectivity index (χ0) is 12.2. The second-order valence-electron chi connectivity index (χ2n) is 5.18. The predicted octanol–water partition coefficient (Wildman–Crippen LogP) is 1.19.